The molecule has 10 rings (SSSR count). The monoisotopic (exact) mass is 691 g/mol. The Hall–Kier alpha value is -5.29. The molecule has 2 heterocycles. The molecule has 8 aromatic carbocycles. The minimum Gasteiger partial charge on any atom is -0.455 e. The van der Waals surface area contributed by atoms with Crippen molar-refractivity contribution in [2.24, 2.45) is 0 Å². The van der Waals surface area contributed by atoms with Crippen LogP contribution in [0.5, 0.6) is 11.5 Å². The smallest absolute Gasteiger partial charge is 0.155 e. The van der Waals surface area contributed by atoms with E-state index in [2.05, 4.69) is 184 Å². The van der Waals surface area contributed by atoms with Gasteiger partial charge in [-0.1, -0.05) is 154 Å². The Bertz CT molecular complexity index is 2590. The van der Waals surface area contributed by atoms with E-state index in [4.69, 9.17) is 4.74 Å². The van der Waals surface area contributed by atoms with Crippen molar-refractivity contribution in [3.8, 4) is 11.5 Å². The molecule has 2 aliphatic rings. The minimum atomic E-state index is -2.00. The Kier molecular flexibility index (Phi) is 6.64. The van der Waals surface area contributed by atoms with Gasteiger partial charge in [-0.3, -0.25) is 0 Å². The SMILES string of the molecule is CC1(C)c2ccccc2Oc2c(N(c3ccc4c5ccccc5c5ccccc5c4c3)c3cccc4c3Sc3ccccc3[Si]4(C)C)cccc21. The lowest BCUT2D eigenvalue weighted by Gasteiger charge is -2.39. The van der Waals surface area contributed by atoms with Crippen molar-refractivity contribution in [2.75, 3.05) is 4.90 Å². The summed E-state index contributed by atoms with van der Waals surface area (Å²) >= 11 is 1.92. The first-order valence-electron chi connectivity index (χ1n) is 17.8. The summed E-state index contributed by atoms with van der Waals surface area (Å²) in [7, 11) is -2.00. The normalized spacial score (nSPS) is 15.1. The van der Waals surface area contributed by atoms with Gasteiger partial charge in [0, 0.05) is 32.0 Å². The highest BCUT2D eigenvalue weighted by Gasteiger charge is 2.39. The zero-order valence-corrected chi connectivity index (χ0v) is 31.0. The molecule has 2 aliphatic heterocycles. The van der Waals surface area contributed by atoms with Crippen molar-refractivity contribution in [3.63, 3.8) is 0 Å². The van der Waals surface area contributed by atoms with Gasteiger partial charge in [-0.05, 0) is 79.1 Å². The first kappa shape index (κ1) is 30.5. The molecule has 0 spiro atoms. The second kappa shape index (κ2) is 11.1. The summed E-state index contributed by atoms with van der Waals surface area (Å²) < 4.78 is 6.99. The van der Waals surface area contributed by atoms with E-state index in [1.807, 2.05) is 11.8 Å². The topological polar surface area (TPSA) is 12.5 Å². The van der Waals surface area contributed by atoms with E-state index in [0.717, 1.165) is 22.9 Å². The second-order valence-electron chi connectivity index (χ2n) is 14.9. The first-order valence-corrected chi connectivity index (χ1v) is 21.6. The van der Waals surface area contributed by atoms with E-state index in [9.17, 15) is 0 Å². The number of fused-ring (bicyclic) bond motifs is 10. The molecule has 0 N–H and O–H groups in total. The van der Waals surface area contributed by atoms with Gasteiger partial charge in [-0.25, -0.2) is 0 Å². The largest absolute Gasteiger partial charge is 0.455 e. The quantitative estimate of drug-likeness (QED) is 0.135. The molecule has 4 heteroatoms. The summed E-state index contributed by atoms with van der Waals surface area (Å²) in [5.74, 6) is 1.84. The predicted octanol–water partition coefficient (Wildman–Crippen LogP) is 12.3. The third-order valence-corrected chi connectivity index (χ3v) is 16.5. The summed E-state index contributed by atoms with van der Waals surface area (Å²) in [6.07, 6.45) is 0. The van der Waals surface area contributed by atoms with Gasteiger partial charge in [0.05, 0.1) is 11.4 Å². The molecule has 0 unspecified atom stereocenters. The number of para-hydroxylation sites is 2. The lowest BCUT2D eigenvalue weighted by Crippen LogP contribution is -2.56. The van der Waals surface area contributed by atoms with Crippen molar-refractivity contribution in [1.82, 2.24) is 0 Å². The maximum atomic E-state index is 6.99. The van der Waals surface area contributed by atoms with Gasteiger partial charge < -0.3 is 9.64 Å². The maximum absolute atomic E-state index is 6.99. The van der Waals surface area contributed by atoms with Crippen LogP contribution in [-0.4, -0.2) is 8.07 Å². The summed E-state index contributed by atoms with van der Waals surface area (Å²) in [5.41, 5.74) is 5.52. The second-order valence-corrected chi connectivity index (χ2v) is 20.3. The lowest BCUT2D eigenvalue weighted by atomic mass is 9.75. The van der Waals surface area contributed by atoms with E-state index in [-0.39, 0.29) is 5.41 Å². The van der Waals surface area contributed by atoms with Gasteiger partial charge in [-0.2, -0.15) is 0 Å². The van der Waals surface area contributed by atoms with E-state index in [0.29, 0.717) is 0 Å². The first-order chi connectivity index (χ1) is 24.8. The summed E-state index contributed by atoms with van der Waals surface area (Å²) in [5, 5.41) is 10.6. The van der Waals surface area contributed by atoms with Crippen molar-refractivity contribution >= 4 is 79.6 Å². The van der Waals surface area contributed by atoms with Gasteiger partial charge in [0.15, 0.2) is 5.75 Å². The molecule has 0 saturated carbocycles. The molecule has 0 fully saturated rings. The van der Waals surface area contributed by atoms with Crippen LogP contribution < -0.4 is 20.0 Å². The molecule has 0 bridgehead atoms. The standard InChI is InChI=1S/C47H37NOSSi/c1-47(2)37-19-9-10-23-41(37)49-45-38(47)20-13-21-39(45)48(40-22-14-26-44-46(40)50-42-24-11-12-25-43(42)51(44,3)4)30-27-28-35-33-17-6-5-15-31(33)32-16-7-8-18-34(32)36(35)29-30/h5-29H,1-4H3. The third kappa shape index (κ3) is 4.43. The van der Waals surface area contributed by atoms with Crippen molar-refractivity contribution in [2.45, 2.75) is 42.1 Å². The predicted molar refractivity (Wildman–Crippen MR) is 220 cm³/mol. The molecule has 0 atom stereocenters. The van der Waals surface area contributed by atoms with Crippen LogP contribution in [0.25, 0.3) is 32.3 Å². The minimum absolute atomic E-state index is 0.233. The number of ether oxygens (including phenoxy) is 1. The van der Waals surface area contributed by atoms with Crippen molar-refractivity contribution in [1.29, 1.82) is 0 Å². The zero-order valence-electron chi connectivity index (χ0n) is 29.2. The van der Waals surface area contributed by atoms with Crippen LogP contribution in [0.15, 0.2) is 161 Å². The van der Waals surface area contributed by atoms with Gasteiger partial charge in [-0.15, -0.1) is 0 Å². The number of rotatable bonds is 3. The molecule has 2 nitrogen and oxygen atoms in total. The van der Waals surface area contributed by atoms with Crippen LogP contribution in [0.1, 0.15) is 25.0 Å². The fourth-order valence-electron chi connectivity index (χ4n) is 8.70. The van der Waals surface area contributed by atoms with Gasteiger partial charge in [0.2, 0.25) is 0 Å². The molecule has 246 valence electrons. The molecule has 0 radical (unpaired) electrons. The van der Waals surface area contributed by atoms with Crippen molar-refractivity contribution < 1.29 is 4.74 Å². The van der Waals surface area contributed by atoms with E-state index < -0.39 is 8.07 Å². The highest BCUT2D eigenvalue weighted by atomic mass is 32.2. The molecular formula is C47H37NOSSi. The molecule has 0 amide bonds. The van der Waals surface area contributed by atoms with E-state index in [1.54, 1.807) is 0 Å². The summed E-state index contributed by atoms with van der Waals surface area (Å²) in [4.78, 5) is 5.19. The van der Waals surface area contributed by atoms with Crippen molar-refractivity contribution in [3.05, 3.63) is 163 Å². The highest BCUT2D eigenvalue weighted by molar-refractivity contribution is 8.00. The van der Waals surface area contributed by atoms with Crippen LogP contribution >= 0.6 is 11.8 Å². The Morgan fingerprint density at radius 1 is 0.529 bits per heavy atom. The number of nitrogens with zero attached hydrogens (tertiary/aromatic N) is 1. The summed E-state index contributed by atoms with van der Waals surface area (Å²) in [6, 6.07) is 55.9. The number of hydrogen-bond acceptors (Lipinski definition) is 3. The van der Waals surface area contributed by atoms with Gasteiger partial charge >= 0.3 is 0 Å². The molecule has 0 aliphatic carbocycles. The van der Waals surface area contributed by atoms with Crippen LogP contribution in [-0.2, 0) is 5.41 Å². The Morgan fingerprint density at radius 3 is 1.86 bits per heavy atom. The molecular weight excluding hydrogens is 655 g/mol. The average molecular weight is 692 g/mol. The Balaban J connectivity index is 1.28. The van der Waals surface area contributed by atoms with Crippen LogP contribution in [0.3, 0.4) is 0 Å². The van der Waals surface area contributed by atoms with Gasteiger partial charge in [0.1, 0.15) is 13.8 Å². The van der Waals surface area contributed by atoms with E-state index in [1.165, 1.54) is 69.3 Å². The molecule has 0 aromatic heterocycles. The number of benzene rings is 8. The molecule has 8 aromatic rings. The zero-order chi connectivity index (χ0) is 34.5. The van der Waals surface area contributed by atoms with Crippen LogP contribution in [0, 0.1) is 0 Å². The van der Waals surface area contributed by atoms with E-state index >= 15 is 0 Å². The third-order valence-electron chi connectivity index (χ3n) is 11.3. The average Bonchev–Trinajstić information content (AvgIpc) is 3.16. The molecule has 0 saturated heterocycles. The van der Waals surface area contributed by atoms with Gasteiger partial charge in [0.25, 0.3) is 0 Å². The number of hydrogen-bond donors (Lipinski definition) is 0. The Morgan fingerprint density at radius 2 is 1.10 bits per heavy atom. The number of anilines is 3. The highest BCUT2D eigenvalue weighted by Crippen LogP contribution is 2.55. The van der Waals surface area contributed by atoms with Crippen LogP contribution in [0.4, 0.5) is 17.1 Å². The maximum Gasteiger partial charge on any atom is 0.155 e. The molecule has 51 heavy (non-hydrogen) atoms. The Labute approximate surface area is 304 Å². The lowest BCUT2D eigenvalue weighted by molar-refractivity contribution is 0.419. The fourth-order valence-corrected chi connectivity index (χ4v) is 14.2. The van der Waals surface area contributed by atoms with Crippen LogP contribution in [0.2, 0.25) is 13.1 Å². The fraction of sp³-hybridized carbons (Fsp3) is 0.106. The summed E-state index contributed by atoms with van der Waals surface area (Å²) in [6.45, 7) is 9.64.